The number of ketones is 4. The molecule has 0 radical (unpaired) electrons. The van der Waals surface area contributed by atoms with E-state index in [1.807, 2.05) is 30.3 Å². The molecule has 11 nitrogen and oxygen atoms in total. The predicted octanol–water partition coefficient (Wildman–Crippen LogP) is 1.73. The second-order valence-corrected chi connectivity index (χ2v) is 11.8. The fraction of sp³-hybridized carbons (Fsp3) is 0.310. The van der Waals surface area contributed by atoms with Crippen molar-refractivity contribution >= 4 is 51.2 Å². The van der Waals surface area contributed by atoms with E-state index in [2.05, 4.69) is 10.3 Å². The molecule has 12 heteroatoms. The molecule has 1 amide bonds. The molecule has 3 aliphatic carbocycles. The third-order valence-electron chi connectivity index (χ3n) is 8.66. The maximum atomic E-state index is 13.9. The smallest absolute Gasteiger partial charge is 0.235 e. The zero-order valence-corrected chi connectivity index (χ0v) is 22.4. The van der Waals surface area contributed by atoms with Gasteiger partial charge >= 0.3 is 0 Å². The number of nitrogens with two attached hydrogens (primary N) is 1. The van der Waals surface area contributed by atoms with Gasteiger partial charge in [-0.3, -0.25) is 24.0 Å². The number of aliphatic hydroxyl groups is 2. The van der Waals surface area contributed by atoms with Crippen molar-refractivity contribution in [1.82, 2.24) is 4.98 Å². The van der Waals surface area contributed by atoms with Gasteiger partial charge in [0.2, 0.25) is 5.91 Å². The summed E-state index contributed by atoms with van der Waals surface area (Å²) in [7, 11) is 0. The average molecular weight is 576 g/mol. The summed E-state index contributed by atoms with van der Waals surface area (Å²) in [6.07, 6.45) is -0.574. The fourth-order valence-corrected chi connectivity index (χ4v) is 7.47. The molecule has 2 saturated carbocycles. The lowest BCUT2D eigenvalue weighted by molar-refractivity contribution is -0.189. The number of fused-ring (bicyclic) bond motifs is 3. The number of phenolic OH excluding ortho intramolecular Hbond substituents is 1. The fourth-order valence-electron chi connectivity index (χ4n) is 6.64. The van der Waals surface area contributed by atoms with E-state index in [0.29, 0.717) is 10.7 Å². The number of thiazole rings is 1. The number of hydrogen-bond acceptors (Lipinski definition) is 11. The van der Waals surface area contributed by atoms with Crippen LogP contribution in [0.1, 0.15) is 35.2 Å². The van der Waals surface area contributed by atoms with Crippen LogP contribution < -0.4 is 11.1 Å². The Morgan fingerprint density at radius 2 is 1.80 bits per heavy atom. The number of nitrogens with one attached hydrogen (secondary N) is 1. The molecule has 3 aliphatic rings. The first-order chi connectivity index (χ1) is 19.5. The van der Waals surface area contributed by atoms with Crippen molar-refractivity contribution in [3.8, 4) is 16.2 Å². The molecule has 0 bridgehead atoms. The van der Waals surface area contributed by atoms with E-state index >= 15 is 0 Å². The number of rotatable bonds is 4. The largest absolute Gasteiger partial charge is 0.505 e. The number of phenols is 1. The van der Waals surface area contributed by atoms with Crippen molar-refractivity contribution in [2.75, 3.05) is 5.32 Å². The molecule has 0 spiro atoms. The molecule has 41 heavy (non-hydrogen) atoms. The Morgan fingerprint density at radius 3 is 2.49 bits per heavy atom. The highest BCUT2D eigenvalue weighted by molar-refractivity contribution is 7.19. The van der Waals surface area contributed by atoms with Gasteiger partial charge in [-0.05, 0) is 23.1 Å². The molecule has 3 aromatic rings. The van der Waals surface area contributed by atoms with Crippen LogP contribution in [0.5, 0.6) is 5.75 Å². The second kappa shape index (κ2) is 9.40. The first-order valence-electron chi connectivity index (χ1n) is 13.0. The molecule has 2 aromatic carbocycles. The van der Waals surface area contributed by atoms with Gasteiger partial charge in [0.1, 0.15) is 5.75 Å². The van der Waals surface area contributed by atoms with Gasteiger partial charge < -0.3 is 26.4 Å². The van der Waals surface area contributed by atoms with Gasteiger partial charge in [-0.2, -0.15) is 0 Å². The lowest BCUT2D eigenvalue weighted by atomic mass is 9.50. The van der Waals surface area contributed by atoms with Crippen LogP contribution in [0.15, 0.2) is 48.7 Å². The molecule has 2 fully saturated rings. The van der Waals surface area contributed by atoms with Crippen LogP contribution in [-0.2, 0) is 19.2 Å². The third kappa shape index (κ3) is 3.78. The second-order valence-electron chi connectivity index (χ2n) is 10.8. The van der Waals surface area contributed by atoms with E-state index in [1.54, 1.807) is 25.3 Å². The van der Waals surface area contributed by atoms with Crippen molar-refractivity contribution in [3.63, 3.8) is 0 Å². The normalized spacial score (nSPS) is 30.8. The SMILES string of the molecule is C[C@H]1c2ccc(Nc3ncc(-c4ccccc4)s3)c(O)c2C(=O)C2C(=O)[C@]3(O)C(=O)C(C(N)=O)C(=O)C[C@@H]3[C@@H](O)[C@@H]21. The van der Waals surface area contributed by atoms with Crippen LogP contribution in [0.2, 0.25) is 0 Å². The van der Waals surface area contributed by atoms with Crippen molar-refractivity contribution < 1.29 is 39.3 Å². The Labute approximate surface area is 237 Å². The zero-order valence-electron chi connectivity index (χ0n) is 21.6. The number of carbonyl (C=O) groups excluding carboxylic acids is 5. The maximum absolute atomic E-state index is 13.9. The van der Waals surface area contributed by atoms with Gasteiger partial charge in [0.05, 0.1) is 28.1 Å². The predicted molar refractivity (Wildman–Crippen MR) is 145 cm³/mol. The highest BCUT2D eigenvalue weighted by Gasteiger charge is 2.69. The number of anilines is 2. The molecule has 1 heterocycles. The van der Waals surface area contributed by atoms with Crippen molar-refractivity contribution in [1.29, 1.82) is 0 Å². The van der Waals surface area contributed by atoms with Crippen molar-refractivity contribution in [2.24, 2.45) is 29.4 Å². The third-order valence-corrected chi connectivity index (χ3v) is 9.63. The molecular weight excluding hydrogens is 550 g/mol. The van der Waals surface area contributed by atoms with E-state index in [4.69, 9.17) is 5.73 Å². The Bertz CT molecular complexity index is 1650. The first kappa shape index (κ1) is 26.9. The summed E-state index contributed by atoms with van der Waals surface area (Å²) < 4.78 is 0. The number of aromatic nitrogens is 1. The molecule has 6 N–H and O–H groups in total. The standard InChI is InChI=1S/C29H25N3O8S/c1-11-13-7-8-15(32-28-31-10-17(41-28)12-5-3-2-4-6-12)23(35)19(13)24(36)21-18(11)22(34)14-9-16(33)20(27(30)39)25(37)29(14,40)26(21)38/h2-8,10-11,14,18,20-22,34-35,40H,9H2,1H3,(H2,30,39)(H,31,32)/t11-,14+,18+,20?,21?,22+,29+/m0/s1. The summed E-state index contributed by atoms with van der Waals surface area (Å²) in [6, 6.07) is 12.7. The molecule has 2 unspecified atom stereocenters. The minimum Gasteiger partial charge on any atom is -0.505 e. The maximum Gasteiger partial charge on any atom is 0.235 e. The molecule has 0 saturated heterocycles. The average Bonchev–Trinajstić information content (AvgIpc) is 3.41. The summed E-state index contributed by atoms with van der Waals surface area (Å²) in [5.74, 6) is -13.3. The van der Waals surface area contributed by atoms with E-state index in [0.717, 1.165) is 10.4 Å². The van der Waals surface area contributed by atoms with Crippen LogP contribution in [-0.4, -0.2) is 61.0 Å². The summed E-state index contributed by atoms with van der Waals surface area (Å²) >= 11 is 1.32. The lowest BCUT2D eigenvalue weighted by Crippen LogP contribution is -2.72. The Hall–Kier alpha value is -4.26. The van der Waals surface area contributed by atoms with Gasteiger partial charge in [0.25, 0.3) is 0 Å². The van der Waals surface area contributed by atoms with Gasteiger partial charge in [-0.25, -0.2) is 4.98 Å². The van der Waals surface area contributed by atoms with Gasteiger partial charge in [-0.1, -0.05) is 54.7 Å². The van der Waals surface area contributed by atoms with Crippen molar-refractivity contribution in [3.05, 3.63) is 59.8 Å². The van der Waals surface area contributed by atoms with Gasteiger partial charge in [-0.15, -0.1) is 0 Å². The number of benzene rings is 2. The lowest BCUT2D eigenvalue weighted by Gasteiger charge is -2.52. The number of aliphatic hydroxyl groups excluding tert-OH is 1. The Balaban J connectivity index is 1.38. The number of amides is 1. The minimum atomic E-state index is -2.96. The number of primary amides is 1. The molecule has 1 aromatic heterocycles. The van der Waals surface area contributed by atoms with Crippen LogP contribution in [0.3, 0.4) is 0 Å². The quantitative estimate of drug-likeness (QED) is 0.226. The van der Waals surface area contributed by atoms with Gasteiger partial charge in [0, 0.05) is 24.5 Å². The highest BCUT2D eigenvalue weighted by atomic mass is 32.1. The molecule has 7 atom stereocenters. The van der Waals surface area contributed by atoms with E-state index in [1.165, 1.54) is 11.3 Å². The molecular formula is C29H25N3O8S. The summed E-state index contributed by atoms with van der Waals surface area (Å²) in [4.78, 5) is 70.4. The highest BCUT2D eigenvalue weighted by Crippen LogP contribution is 2.54. The molecule has 6 rings (SSSR count). The van der Waals surface area contributed by atoms with E-state index in [9.17, 15) is 39.3 Å². The number of hydrogen-bond donors (Lipinski definition) is 5. The summed E-state index contributed by atoms with van der Waals surface area (Å²) in [5.41, 5.74) is 3.53. The topological polar surface area (TPSA) is 197 Å². The van der Waals surface area contributed by atoms with Crippen LogP contribution >= 0.6 is 11.3 Å². The molecule has 0 aliphatic heterocycles. The van der Waals surface area contributed by atoms with Crippen LogP contribution in [0.25, 0.3) is 10.4 Å². The van der Waals surface area contributed by atoms with Gasteiger partial charge in [0.15, 0.2) is 39.8 Å². The van der Waals surface area contributed by atoms with E-state index < -0.39 is 82.5 Å². The monoisotopic (exact) mass is 575 g/mol. The number of nitrogens with zero attached hydrogens (tertiary/aromatic N) is 1. The Kier molecular flexibility index (Phi) is 6.18. The summed E-state index contributed by atoms with van der Waals surface area (Å²) in [6.45, 7) is 1.65. The summed E-state index contributed by atoms with van der Waals surface area (Å²) in [5, 5.41) is 37.4. The number of carbonyl (C=O) groups is 5. The van der Waals surface area contributed by atoms with Crippen LogP contribution in [0, 0.1) is 23.7 Å². The van der Waals surface area contributed by atoms with E-state index in [-0.39, 0.29) is 11.3 Å². The zero-order chi connectivity index (χ0) is 29.4. The first-order valence-corrected chi connectivity index (χ1v) is 13.8. The minimum absolute atomic E-state index is 0.144. The molecule has 210 valence electrons. The number of Topliss-reactive ketones (excluding diaryl/α,β-unsaturated/α-hetero) is 4. The van der Waals surface area contributed by atoms with Crippen LogP contribution in [0.4, 0.5) is 10.8 Å². The Morgan fingerprint density at radius 1 is 1.10 bits per heavy atom. The van der Waals surface area contributed by atoms with Crippen molar-refractivity contribution in [2.45, 2.75) is 31.0 Å². The number of aromatic hydroxyl groups is 1.